The van der Waals surface area contributed by atoms with Gasteiger partial charge in [-0.05, 0) is 6.92 Å². The number of nitrogens with one attached hydrogen (secondary N) is 1. The molecular weight excluding hydrogens is 206 g/mol. The van der Waals surface area contributed by atoms with Gasteiger partial charge in [0.25, 0.3) is 0 Å². The minimum Gasteiger partial charge on any atom is -0.444 e. The summed E-state index contributed by atoms with van der Waals surface area (Å²) >= 11 is 0. The number of aromatic nitrogens is 3. The number of nitriles is 1. The lowest BCUT2D eigenvalue weighted by Crippen LogP contribution is -2.02. The van der Waals surface area contributed by atoms with E-state index in [1.165, 1.54) is 12.4 Å². The summed E-state index contributed by atoms with van der Waals surface area (Å²) in [5, 5.41) is 11.5. The fraction of sp³-hybridized carbons (Fsp3) is 0.200. The fourth-order valence-electron chi connectivity index (χ4n) is 1.13. The number of hydrogen-bond donors (Lipinski definition) is 1. The van der Waals surface area contributed by atoms with Gasteiger partial charge in [0, 0.05) is 0 Å². The summed E-state index contributed by atoms with van der Waals surface area (Å²) in [6.45, 7) is 2.27. The fourth-order valence-corrected chi connectivity index (χ4v) is 1.13. The first-order valence-corrected chi connectivity index (χ1v) is 4.65. The lowest BCUT2D eigenvalue weighted by atomic mass is 10.5. The summed E-state index contributed by atoms with van der Waals surface area (Å²) in [6, 6.07) is 1.90. The van der Waals surface area contributed by atoms with Gasteiger partial charge in [0.2, 0.25) is 5.89 Å². The van der Waals surface area contributed by atoms with Crippen LogP contribution >= 0.6 is 0 Å². The first-order chi connectivity index (χ1) is 7.78. The SMILES string of the molecule is Cc1cnc(CNc2cnc(C#N)cn2)o1. The molecule has 2 heterocycles. The maximum atomic E-state index is 8.54. The second-order valence-corrected chi connectivity index (χ2v) is 3.12. The molecule has 80 valence electrons. The molecule has 1 N–H and O–H groups in total. The molecule has 0 fully saturated rings. The molecule has 16 heavy (non-hydrogen) atoms. The Balaban J connectivity index is 1.97. The molecule has 0 radical (unpaired) electrons. The van der Waals surface area contributed by atoms with Crippen LogP contribution in [0.15, 0.2) is 23.0 Å². The van der Waals surface area contributed by atoms with Crippen molar-refractivity contribution in [2.75, 3.05) is 5.32 Å². The second kappa shape index (κ2) is 4.40. The van der Waals surface area contributed by atoms with Gasteiger partial charge in [-0.25, -0.2) is 15.0 Å². The summed E-state index contributed by atoms with van der Waals surface area (Å²) in [7, 11) is 0. The summed E-state index contributed by atoms with van der Waals surface area (Å²) < 4.78 is 5.28. The molecule has 2 rings (SSSR count). The largest absolute Gasteiger partial charge is 0.444 e. The minimum absolute atomic E-state index is 0.289. The van der Waals surface area contributed by atoms with Gasteiger partial charge in [-0.15, -0.1) is 0 Å². The highest BCUT2D eigenvalue weighted by Gasteiger charge is 2.01. The topological polar surface area (TPSA) is 87.6 Å². The molecule has 0 aliphatic rings. The Morgan fingerprint density at radius 1 is 1.31 bits per heavy atom. The summed E-state index contributed by atoms with van der Waals surface area (Å²) in [5.74, 6) is 1.93. The van der Waals surface area contributed by atoms with E-state index in [9.17, 15) is 0 Å². The molecule has 0 saturated heterocycles. The average Bonchev–Trinajstić information content (AvgIpc) is 2.73. The minimum atomic E-state index is 0.289. The third-order valence-electron chi connectivity index (χ3n) is 1.86. The summed E-state index contributed by atoms with van der Waals surface area (Å²) in [5.41, 5.74) is 0.289. The van der Waals surface area contributed by atoms with Crippen LogP contribution in [-0.2, 0) is 6.54 Å². The van der Waals surface area contributed by atoms with E-state index in [0.717, 1.165) is 5.76 Å². The van der Waals surface area contributed by atoms with Gasteiger partial charge in [0.15, 0.2) is 5.69 Å². The Morgan fingerprint density at radius 3 is 2.75 bits per heavy atom. The maximum Gasteiger partial charge on any atom is 0.213 e. The monoisotopic (exact) mass is 215 g/mol. The number of anilines is 1. The number of rotatable bonds is 3. The van der Waals surface area contributed by atoms with Gasteiger partial charge in [-0.1, -0.05) is 0 Å². The molecule has 2 aromatic rings. The number of nitrogens with zero attached hydrogens (tertiary/aromatic N) is 4. The van der Waals surface area contributed by atoms with E-state index in [-0.39, 0.29) is 5.69 Å². The van der Waals surface area contributed by atoms with Crippen molar-refractivity contribution >= 4 is 5.82 Å². The number of oxazole rings is 1. The smallest absolute Gasteiger partial charge is 0.213 e. The lowest BCUT2D eigenvalue weighted by Gasteiger charge is -2.01. The van der Waals surface area contributed by atoms with Crippen LogP contribution in [0.4, 0.5) is 5.82 Å². The zero-order chi connectivity index (χ0) is 11.4. The Bertz CT molecular complexity index is 511. The van der Waals surface area contributed by atoms with Crippen LogP contribution in [0.3, 0.4) is 0 Å². The Labute approximate surface area is 92.0 Å². The standard InChI is InChI=1S/C10H9N5O/c1-7-3-15-10(16-7)6-14-9-5-12-8(2-11)4-13-9/h3-5H,6H2,1H3,(H,13,14). The van der Waals surface area contributed by atoms with Crippen molar-refractivity contribution in [3.63, 3.8) is 0 Å². The van der Waals surface area contributed by atoms with Crippen molar-refractivity contribution in [1.29, 1.82) is 5.26 Å². The van der Waals surface area contributed by atoms with Gasteiger partial charge in [-0.2, -0.15) is 5.26 Å². The van der Waals surface area contributed by atoms with E-state index in [4.69, 9.17) is 9.68 Å². The quantitative estimate of drug-likeness (QED) is 0.829. The van der Waals surface area contributed by atoms with Gasteiger partial charge < -0.3 is 9.73 Å². The molecule has 0 atom stereocenters. The van der Waals surface area contributed by atoms with Gasteiger partial charge in [0.1, 0.15) is 17.6 Å². The molecule has 0 amide bonds. The van der Waals surface area contributed by atoms with Crippen LogP contribution < -0.4 is 5.32 Å². The lowest BCUT2D eigenvalue weighted by molar-refractivity contribution is 0.479. The second-order valence-electron chi connectivity index (χ2n) is 3.12. The maximum absolute atomic E-state index is 8.54. The summed E-state index contributed by atoms with van der Waals surface area (Å²) in [6.07, 6.45) is 4.55. The van der Waals surface area contributed by atoms with E-state index < -0.39 is 0 Å². The van der Waals surface area contributed by atoms with E-state index in [0.29, 0.717) is 18.3 Å². The normalized spacial score (nSPS) is 9.75. The van der Waals surface area contributed by atoms with Crippen LogP contribution in [0.1, 0.15) is 17.3 Å². The Hall–Kier alpha value is -2.42. The van der Waals surface area contributed by atoms with Crippen LogP contribution in [0.25, 0.3) is 0 Å². The Morgan fingerprint density at radius 2 is 2.19 bits per heavy atom. The van der Waals surface area contributed by atoms with Crippen LogP contribution in [-0.4, -0.2) is 15.0 Å². The molecule has 0 spiro atoms. The highest BCUT2D eigenvalue weighted by Crippen LogP contribution is 2.05. The van der Waals surface area contributed by atoms with Gasteiger partial charge in [-0.3, -0.25) is 0 Å². The van der Waals surface area contributed by atoms with Crippen molar-refractivity contribution in [2.24, 2.45) is 0 Å². The molecule has 0 bridgehead atoms. The van der Waals surface area contributed by atoms with Crippen molar-refractivity contribution in [2.45, 2.75) is 13.5 Å². The van der Waals surface area contributed by atoms with Crippen molar-refractivity contribution in [3.05, 3.63) is 35.9 Å². The van der Waals surface area contributed by atoms with Crippen LogP contribution in [0.2, 0.25) is 0 Å². The predicted molar refractivity (Wildman–Crippen MR) is 55.3 cm³/mol. The third kappa shape index (κ3) is 2.33. The average molecular weight is 215 g/mol. The van der Waals surface area contributed by atoms with Crippen LogP contribution in [0, 0.1) is 18.3 Å². The zero-order valence-electron chi connectivity index (χ0n) is 8.64. The summed E-state index contributed by atoms with van der Waals surface area (Å²) in [4.78, 5) is 11.9. The molecule has 0 aromatic carbocycles. The predicted octanol–water partition coefficient (Wildman–Crippen LogP) is 1.26. The third-order valence-corrected chi connectivity index (χ3v) is 1.86. The van der Waals surface area contributed by atoms with E-state index in [1.807, 2.05) is 13.0 Å². The van der Waals surface area contributed by atoms with E-state index in [1.54, 1.807) is 6.20 Å². The Kier molecular flexibility index (Phi) is 2.78. The first-order valence-electron chi connectivity index (χ1n) is 4.65. The molecule has 0 aliphatic carbocycles. The first kappa shape index (κ1) is 10.1. The zero-order valence-corrected chi connectivity index (χ0v) is 8.64. The number of hydrogen-bond acceptors (Lipinski definition) is 6. The molecule has 2 aromatic heterocycles. The highest BCUT2D eigenvalue weighted by atomic mass is 16.4. The molecule has 0 aliphatic heterocycles. The molecular formula is C10H9N5O. The van der Waals surface area contributed by atoms with E-state index >= 15 is 0 Å². The molecule has 0 unspecified atom stereocenters. The van der Waals surface area contributed by atoms with Crippen molar-refractivity contribution < 1.29 is 4.42 Å². The van der Waals surface area contributed by atoms with Crippen molar-refractivity contribution in [1.82, 2.24) is 15.0 Å². The van der Waals surface area contributed by atoms with Crippen LogP contribution in [0.5, 0.6) is 0 Å². The van der Waals surface area contributed by atoms with Crippen molar-refractivity contribution in [3.8, 4) is 6.07 Å². The van der Waals surface area contributed by atoms with E-state index in [2.05, 4.69) is 20.3 Å². The highest BCUT2D eigenvalue weighted by molar-refractivity contribution is 5.33. The van der Waals surface area contributed by atoms with Gasteiger partial charge >= 0.3 is 0 Å². The molecule has 0 saturated carbocycles. The van der Waals surface area contributed by atoms with Gasteiger partial charge in [0.05, 0.1) is 25.1 Å². The number of aryl methyl sites for hydroxylation is 1. The molecule has 6 heteroatoms. The molecule has 6 nitrogen and oxygen atoms in total.